The minimum absolute atomic E-state index is 0.0357. The summed E-state index contributed by atoms with van der Waals surface area (Å²) in [6.45, 7) is 6.72. The molecule has 2 aliphatic rings. The van der Waals surface area contributed by atoms with Crippen molar-refractivity contribution in [1.29, 1.82) is 0 Å². The molecule has 0 unspecified atom stereocenters. The van der Waals surface area contributed by atoms with Gasteiger partial charge < -0.3 is 15.0 Å². The molecular weight excluding hydrogens is 264 g/mol. The van der Waals surface area contributed by atoms with Crippen LogP contribution >= 0.6 is 0 Å². The van der Waals surface area contributed by atoms with Crippen LogP contribution in [0.5, 0.6) is 0 Å². The number of urea groups is 1. The molecule has 0 bridgehead atoms. The van der Waals surface area contributed by atoms with Crippen LogP contribution < -0.4 is 5.32 Å². The van der Waals surface area contributed by atoms with Crippen LogP contribution in [0.2, 0.25) is 0 Å². The van der Waals surface area contributed by atoms with Gasteiger partial charge in [0, 0.05) is 18.5 Å². The highest BCUT2D eigenvalue weighted by molar-refractivity contribution is 5.74. The third kappa shape index (κ3) is 3.21. The molecule has 1 aromatic carbocycles. The summed E-state index contributed by atoms with van der Waals surface area (Å²) >= 11 is 0. The Morgan fingerprint density at radius 2 is 2.00 bits per heavy atom. The molecule has 0 spiro atoms. The lowest BCUT2D eigenvalue weighted by atomic mass is 9.96. The largest absolute Gasteiger partial charge is 0.372 e. The minimum Gasteiger partial charge on any atom is -0.372 e. The van der Waals surface area contributed by atoms with Crippen molar-refractivity contribution in [2.45, 2.75) is 37.7 Å². The fourth-order valence-electron chi connectivity index (χ4n) is 3.06. The van der Waals surface area contributed by atoms with Gasteiger partial charge in [0.15, 0.2) is 0 Å². The van der Waals surface area contributed by atoms with E-state index in [1.54, 1.807) is 0 Å². The van der Waals surface area contributed by atoms with Crippen LogP contribution in [-0.4, -0.2) is 42.8 Å². The Bertz CT molecular complexity index is 509. The number of hydrogen-bond acceptors (Lipinski definition) is 2. The summed E-state index contributed by atoms with van der Waals surface area (Å²) in [5.41, 5.74) is 1.26. The van der Waals surface area contributed by atoms with Gasteiger partial charge in [0.05, 0.1) is 18.8 Å². The van der Waals surface area contributed by atoms with E-state index in [0.29, 0.717) is 19.7 Å². The Kier molecular flexibility index (Phi) is 3.66. The fourth-order valence-corrected chi connectivity index (χ4v) is 3.06. The molecule has 1 saturated heterocycles. The first kappa shape index (κ1) is 14.4. The van der Waals surface area contributed by atoms with E-state index in [9.17, 15) is 4.79 Å². The summed E-state index contributed by atoms with van der Waals surface area (Å²) in [7, 11) is 0. The molecule has 114 valence electrons. The van der Waals surface area contributed by atoms with E-state index >= 15 is 0 Å². The standard InChI is InChI=1S/C17H24N2O2/c1-16(2)13-19(10-11-21-16)15(20)18-12-17(8-9-17)14-6-4-3-5-7-14/h3-7H,8-13H2,1-2H3,(H,18,20). The maximum absolute atomic E-state index is 12.4. The molecule has 0 radical (unpaired) electrons. The van der Waals surface area contributed by atoms with Gasteiger partial charge in [-0.2, -0.15) is 0 Å². The molecule has 4 nitrogen and oxygen atoms in total. The number of hydrogen-bond donors (Lipinski definition) is 1. The number of nitrogens with zero attached hydrogens (tertiary/aromatic N) is 1. The van der Waals surface area contributed by atoms with Crippen molar-refractivity contribution in [3.63, 3.8) is 0 Å². The Morgan fingerprint density at radius 3 is 2.62 bits per heavy atom. The molecule has 1 N–H and O–H groups in total. The molecule has 1 heterocycles. The van der Waals surface area contributed by atoms with Crippen LogP contribution in [0, 0.1) is 0 Å². The molecular formula is C17H24N2O2. The van der Waals surface area contributed by atoms with Crippen molar-refractivity contribution in [1.82, 2.24) is 10.2 Å². The second-order valence-electron chi connectivity index (χ2n) is 6.83. The molecule has 0 aromatic heterocycles. The fraction of sp³-hybridized carbons (Fsp3) is 0.588. The molecule has 0 atom stereocenters. The van der Waals surface area contributed by atoms with Gasteiger partial charge in [-0.05, 0) is 32.3 Å². The van der Waals surface area contributed by atoms with E-state index in [4.69, 9.17) is 4.74 Å². The van der Waals surface area contributed by atoms with Gasteiger partial charge in [0.25, 0.3) is 0 Å². The smallest absolute Gasteiger partial charge is 0.317 e. The molecule has 2 fully saturated rings. The lowest BCUT2D eigenvalue weighted by Crippen LogP contribution is -2.54. The number of rotatable bonds is 3. The van der Waals surface area contributed by atoms with E-state index in [0.717, 1.165) is 19.4 Å². The number of ether oxygens (including phenoxy) is 1. The van der Waals surface area contributed by atoms with Crippen molar-refractivity contribution in [2.75, 3.05) is 26.2 Å². The highest BCUT2D eigenvalue weighted by atomic mass is 16.5. The van der Waals surface area contributed by atoms with E-state index in [-0.39, 0.29) is 17.0 Å². The number of nitrogens with one attached hydrogen (secondary N) is 1. The van der Waals surface area contributed by atoms with Gasteiger partial charge in [-0.1, -0.05) is 30.3 Å². The van der Waals surface area contributed by atoms with Crippen molar-refractivity contribution in [2.24, 2.45) is 0 Å². The summed E-state index contributed by atoms with van der Waals surface area (Å²) in [5, 5.41) is 3.12. The van der Waals surface area contributed by atoms with E-state index in [1.165, 1.54) is 5.56 Å². The SMILES string of the molecule is CC1(C)CN(C(=O)NCC2(c3ccccc3)CC2)CCO1. The van der Waals surface area contributed by atoms with Crippen molar-refractivity contribution in [3.05, 3.63) is 35.9 Å². The van der Waals surface area contributed by atoms with E-state index in [2.05, 4.69) is 29.6 Å². The first-order valence-electron chi connectivity index (χ1n) is 7.73. The molecule has 2 amide bonds. The summed E-state index contributed by atoms with van der Waals surface area (Å²) in [5.74, 6) is 0. The van der Waals surface area contributed by atoms with Crippen LogP contribution in [0.25, 0.3) is 0 Å². The molecule has 1 saturated carbocycles. The van der Waals surface area contributed by atoms with Gasteiger partial charge >= 0.3 is 6.03 Å². The number of carbonyl (C=O) groups excluding carboxylic acids is 1. The second-order valence-corrected chi connectivity index (χ2v) is 6.83. The van der Waals surface area contributed by atoms with Gasteiger partial charge in [0.2, 0.25) is 0 Å². The zero-order chi connectivity index (χ0) is 14.9. The summed E-state index contributed by atoms with van der Waals surface area (Å²) in [6.07, 6.45) is 2.32. The van der Waals surface area contributed by atoms with E-state index in [1.807, 2.05) is 24.8 Å². The summed E-state index contributed by atoms with van der Waals surface area (Å²) < 4.78 is 5.65. The first-order valence-corrected chi connectivity index (χ1v) is 7.73. The lowest BCUT2D eigenvalue weighted by molar-refractivity contribution is -0.0733. The maximum atomic E-state index is 12.4. The average Bonchev–Trinajstić information content (AvgIpc) is 3.26. The number of carbonyl (C=O) groups is 1. The van der Waals surface area contributed by atoms with Crippen LogP contribution in [0.1, 0.15) is 32.3 Å². The molecule has 4 heteroatoms. The quantitative estimate of drug-likeness (QED) is 0.928. The number of benzene rings is 1. The molecule has 1 aliphatic heterocycles. The predicted molar refractivity (Wildman–Crippen MR) is 82.4 cm³/mol. The summed E-state index contributed by atoms with van der Waals surface area (Å²) in [4.78, 5) is 14.2. The minimum atomic E-state index is -0.244. The second kappa shape index (κ2) is 5.34. The average molecular weight is 288 g/mol. The van der Waals surface area contributed by atoms with Gasteiger partial charge in [-0.3, -0.25) is 0 Å². The van der Waals surface area contributed by atoms with Crippen LogP contribution in [0.4, 0.5) is 4.79 Å². The maximum Gasteiger partial charge on any atom is 0.317 e. The predicted octanol–water partition coefficient (Wildman–Crippen LogP) is 2.54. The lowest BCUT2D eigenvalue weighted by Gasteiger charge is -2.38. The molecule has 1 aromatic rings. The zero-order valence-corrected chi connectivity index (χ0v) is 12.9. The Morgan fingerprint density at radius 1 is 1.29 bits per heavy atom. The number of morpholine rings is 1. The van der Waals surface area contributed by atoms with Crippen LogP contribution in [0.3, 0.4) is 0 Å². The Labute approximate surface area is 126 Å². The third-order valence-corrected chi connectivity index (χ3v) is 4.53. The Balaban J connectivity index is 1.57. The zero-order valence-electron chi connectivity index (χ0n) is 12.9. The monoisotopic (exact) mass is 288 g/mol. The van der Waals surface area contributed by atoms with Gasteiger partial charge in [0.1, 0.15) is 0 Å². The van der Waals surface area contributed by atoms with Crippen LogP contribution in [0.15, 0.2) is 30.3 Å². The van der Waals surface area contributed by atoms with E-state index < -0.39 is 0 Å². The molecule has 21 heavy (non-hydrogen) atoms. The third-order valence-electron chi connectivity index (χ3n) is 4.53. The highest BCUT2D eigenvalue weighted by Gasteiger charge is 2.44. The van der Waals surface area contributed by atoms with Crippen molar-refractivity contribution < 1.29 is 9.53 Å². The molecule has 1 aliphatic carbocycles. The van der Waals surface area contributed by atoms with Gasteiger partial charge in [-0.25, -0.2) is 4.79 Å². The summed E-state index contributed by atoms with van der Waals surface area (Å²) in [6, 6.07) is 10.5. The highest BCUT2D eigenvalue weighted by Crippen LogP contribution is 2.47. The van der Waals surface area contributed by atoms with Crippen molar-refractivity contribution in [3.8, 4) is 0 Å². The van der Waals surface area contributed by atoms with Crippen LogP contribution in [-0.2, 0) is 10.2 Å². The van der Waals surface area contributed by atoms with Gasteiger partial charge in [-0.15, -0.1) is 0 Å². The normalized spacial score (nSPS) is 22.7. The van der Waals surface area contributed by atoms with Crippen molar-refractivity contribution >= 4 is 6.03 Å². The first-order chi connectivity index (χ1) is 10.0. The topological polar surface area (TPSA) is 41.6 Å². The molecule has 3 rings (SSSR count). The Hall–Kier alpha value is -1.55. The number of amides is 2.